The third-order valence-corrected chi connectivity index (χ3v) is 1.66. The lowest BCUT2D eigenvalue weighted by Gasteiger charge is -2.32. The lowest BCUT2D eigenvalue weighted by molar-refractivity contribution is -0.335. The molecule has 0 aromatic carbocycles. The van der Waals surface area contributed by atoms with E-state index in [1.165, 1.54) is 0 Å². The Labute approximate surface area is 83.5 Å². The maximum atomic E-state index is 12.3. The summed E-state index contributed by atoms with van der Waals surface area (Å²) in [6.07, 6.45) is -0.858. The predicted molar refractivity (Wildman–Crippen MR) is 35.8 cm³/mol. The van der Waals surface area contributed by atoms with Crippen molar-refractivity contribution in [1.82, 2.24) is 0 Å². The van der Waals surface area contributed by atoms with Crippen molar-refractivity contribution < 1.29 is 35.1 Å². The van der Waals surface area contributed by atoms with Crippen molar-refractivity contribution in [3.05, 3.63) is 12.7 Å². The second-order valence-electron chi connectivity index (χ2n) is 2.47. The first-order valence-electron chi connectivity index (χ1n) is 3.15. The molecule has 0 saturated heterocycles. The SMILES string of the molecule is C=CC(F)(F)C(F)(F)C(F)(F)C(F)(F)Cl. The highest BCUT2D eigenvalue weighted by Gasteiger charge is 2.79. The van der Waals surface area contributed by atoms with E-state index in [-0.39, 0.29) is 0 Å². The minimum Gasteiger partial charge on any atom is -0.195 e. The Hall–Kier alpha value is -0.530. The molecule has 0 aliphatic carbocycles. The molecule has 0 spiro atoms. The number of hydrogen-bond acceptors (Lipinski definition) is 0. The molecule has 0 amide bonds. The molecule has 0 aliphatic heterocycles. The monoisotopic (exact) mass is 262 g/mol. The quantitative estimate of drug-likeness (QED) is 0.409. The largest absolute Gasteiger partial charge is 0.393 e. The number of alkyl halides is 9. The van der Waals surface area contributed by atoms with Gasteiger partial charge in [0.25, 0.3) is 0 Å². The molecule has 0 aromatic rings. The molecule has 0 aromatic heterocycles. The molecular weight excluding hydrogens is 260 g/mol. The van der Waals surface area contributed by atoms with Gasteiger partial charge in [0.15, 0.2) is 0 Å². The Morgan fingerprint density at radius 2 is 1.13 bits per heavy atom. The maximum absolute atomic E-state index is 12.3. The van der Waals surface area contributed by atoms with Gasteiger partial charge in [0.05, 0.1) is 0 Å². The van der Waals surface area contributed by atoms with Gasteiger partial charge in [0.1, 0.15) is 0 Å². The summed E-state index contributed by atoms with van der Waals surface area (Å²) in [5.74, 6) is -18.2. The highest BCUT2D eigenvalue weighted by molar-refractivity contribution is 6.22. The Morgan fingerprint density at radius 1 is 0.800 bits per heavy atom. The topological polar surface area (TPSA) is 0 Å². The summed E-state index contributed by atoms with van der Waals surface area (Å²) in [5.41, 5.74) is 0. The van der Waals surface area contributed by atoms with Gasteiger partial charge in [0, 0.05) is 0 Å². The minimum atomic E-state index is -6.40. The molecule has 15 heavy (non-hydrogen) atoms. The van der Waals surface area contributed by atoms with Crippen LogP contribution in [-0.4, -0.2) is 23.1 Å². The van der Waals surface area contributed by atoms with Crippen molar-refractivity contribution in [3.63, 3.8) is 0 Å². The molecule has 90 valence electrons. The first-order valence-corrected chi connectivity index (χ1v) is 3.53. The molecule has 0 fully saturated rings. The Bertz CT molecular complexity index is 252. The van der Waals surface area contributed by atoms with E-state index in [0.717, 1.165) is 0 Å². The van der Waals surface area contributed by atoms with E-state index in [9.17, 15) is 35.1 Å². The summed E-state index contributed by atoms with van der Waals surface area (Å²) in [7, 11) is 0. The first-order chi connectivity index (χ1) is 6.31. The van der Waals surface area contributed by atoms with Crippen LogP contribution in [0.3, 0.4) is 0 Å². The van der Waals surface area contributed by atoms with E-state index in [4.69, 9.17) is 0 Å². The molecule has 0 heterocycles. The van der Waals surface area contributed by atoms with E-state index in [1.807, 2.05) is 0 Å². The highest BCUT2D eigenvalue weighted by atomic mass is 35.5. The van der Waals surface area contributed by atoms with Crippen molar-refractivity contribution in [2.45, 2.75) is 23.1 Å². The third-order valence-electron chi connectivity index (χ3n) is 1.43. The molecule has 0 unspecified atom stereocenters. The fraction of sp³-hybridized carbons (Fsp3) is 0.667. The van der Waals surface area contributed by atoms with Crippen LogP contribution in [0.5, 0.6) is 0 Å². The van der Waals surface area contributed by atoms with Crippen molar-refractivity contribution in [2.24, 2.45) is 0 Å². The summed E-state index contributed by atoms with van der Waals surface area (Å²) in [6.45, 7) is 2.14. The Kier molecular flexibility index (Phi) is 3.37. The molecule has 0 N–H and O–H groups in total. The fourth-order valence-corrected chi connectivity index (χ4v) is 0.634. The van der Waals surface area contributed by atoms with Gasteiger partial charge in [-0.05, 0) is 17.7 Å². The zero-order valence-electron chi connectivity index (χ0n) is 6.69. The number of halogens is 9. The second-order valence-corrected chi connectivity index (χ2v) is 2.95. The number of allylic oxidation sites excluding steroid dienone is 1. The van der Waals surface area contributed by atoms with Crippen LogP contribution in [0.2, 0.25) is 0 Å². The van der Waals surface area contributed by atoms with Crippen LogP contribution in [0.25, 0.3) is 0 Å². The Balaban J connectivity index is 5.47. The van der Waals surface area contributed by atoms with Gasteiger partial charge in [-0.3, -0.25) is 0 Å². The molecule has 9 heteroatoms. The zero-order chi connectivity index (χ0) is 12.7. The smallest absolute Gasteiger partial charge is 0.195 e. The van der Waals surface area contributed by atoms with Gasteiger partial charge in [0.2, 0.25) is 0 Å². The summed E-state index contributed by atoms with van der Waals surface area (Å²) in [6, 6.07) is 0. The standard InChI is InChI=1S/C6H3ClF8/c1-2-3(8,9)4(10,11)5(12,13)6(7,14)15/h2H,1H2. The van der Waals surface area contributed by atoms with Gasteiger partial charge in [-0.2, -0.15) is 35.1 Å². The van der Waals surface area contributed by atoms with Gasteiger partial charge in [-0.25, -0.2) is 0 Å². The van der Waals surface area contributed by atoms with Crippen LogP contribution < -0.4 is 0 Å². The van der Waals surface area contributed by atoms with E-state index < -0.39 is 29.2 Å². The van der Waals surface area contributed by atoms with E-state index in [1.54, 1.807) is 0 Å². The summed E-state index contributed by atoms with van der Waals surface area (Å²) in [4.78, 5) is 0. The van der Waals surface area contributed by atoms with E-state index >= 15 is 0 Å². The molecule has 0 bridgehead atoms. The van der Waals surface area contributed by atoms with E-state index in [0.29, 0.717) is 0 Å². The van der Waals surface area contributed by atoms with E-state index in [2.05, 4.69) is 18.2 Å². The number of rotatable bonds is 4. The van der Waals surface area contributed by atoms with Crippen LogP contribution in [0.15, 0.2) is 12.7 Å². The number of hydrogen-bond donors (Lipinski definition) is 0. The molecule has 0 nitrogen and oxygen atoms in total. The predicted octanol–water partition coefficient (Wildman–Crippen LogP) is 3.91. The normalized spacial score (nSPS) is 15.3. The van der Waals surface area contributed by atoms with Crippen molar-refractivity contribution in [3.8, 4) is 0 Å². The van der Waals surface area contributed by atoms with Crippen LogP contribution in [0.4, 0.5) is 35.1 Å². The van der Waals surface area contributed by atoms with Gasteiger partial charge >= 0.3 is 23.1 Å². The lowest BCUT2D eigenvalue weighted by Crippen LogP contribution is -2.59. The van der Waals surface area contributed by atoms with Crippen molar-refractivity contribution in [2.75, 3.05) is 0 Å². The molecule has 0 atom stereocenters. The van der Waals surface area contributed by atoms with Gasteiger partial charge in [-0.1, -0.05) is 6.58 Å². The average Bonchev–Trinajstić information content (AvgIpc) is 2.01. The van der Waals surface area contributed by atoms with Gasteiger partial charge in [-0.15, -0.1) is 0 Å². The van der Waals surface area contributed by atoms with Crippen LogP contribution in [-0.2, 0) is 0 Å². The molecule has 0 radical (unpaired) electrons. The van der Waals surface area contributed by atoms with Crippen LogP contribution >= 0.6 is 11.6 Å². The van der Waals surface area contributed by atoms with Crippen LogP contribution in [0.1, 0.15) is 0 Å². The molecule has 0 saturated carbocycles. The van der Waals surface area contributed by atoms with Crippen molar-refractivity contribution >= 4 is 11.6 Å². The minimum absolute atomic E-state index is 0.858. The Morgan fingerprint density at radius 3 is 1.33 bits per heavy atom. The second kappa shape index (κ2) is 3.50. The first kappa shape index (κ1) is 14.5. The van der Waals surface area contributed by atoms with Crippen molar-refractivity contribution in [1.29, 1.82) is 0 Å². The summed E-state index contributed by atoms with van der Waals surface area (Å²) in [5, 5.41) is -5.80. The molecular formula is C6H3ClF8. The van der Waals surface area contributed by atoms with Crippen LogP contribution in [0, 0.1) is 0 Å². The molecule has 0 rings (SSSR count). The summed E-state index contributed by atoms with van der Waals surface area (Å²) < 4.78 is 97.2. The fourth-order valence-electron chi connectivity index (χ4n) is 0.516. The summed E-state index contributed by atoms with van der Waals surface area (Å²) >= 11 is 3.64. The maximum Gasteiger partial charge on any atom is 0.393 e. The average molecular weight is 263 g/mol. The zero-order valence-corrected chi connectivity index (χ0v) is 7.44. The highest BCUT2D eigenvalue weighted by Crippen LogP contribution is 2.54. The molecule has 0 aliphatic rings. The van der Waals surface area contributed by atoms with Gasteiger partial charge < -0.3 is 0 Å². The third kappa shape index (κ3) is 2.04. The lowest BCUT2D eigenvalue weighted by atomic mass is 10.1.